The van der Waals surface area contributed by atoms with Gasteiger partial charge >= 0.3 is 0 Å². The molecule has 1 amide bonds. The summed E-state index contributed by atoms with van der Waals surface area (Å²) < 4.78 is 5.76. The number of nitro benzene ring substituents is 1. The highest BCUT2D eigenvalue weighted by Gasteiger charge is 2.11. The quantitative estimate of drug-likeness (QED) is 0.315. The maximum absolute atomic E-state index is 12.1. The first-order chi connectivity index (χ1) is 13.9. The highest BCUT2D eigenvalue weighted by Crippen LogP contribution is 2.27. The van der Waals surface area contributed by atoms with Crippen molar-refractivity contribution in [2.24, 2.45) is 0 Å². The molecule has 1 heterocycles. The highest BCUT2D eigenvalue weighted by atomic mass is 32.1. The van der Waals surface area contributed by atoms with Crippen molar-refractivity contribution in [1.82, 2.24) is 4.98 Å². The summed E-state index contributed by atoms with van der Waals surface area (Å²) >= 11 is 1.28. The van der Waals surface area contributed by atoms with Crippen molar-refractivity contribution in [3.8, 4) is 17.0 Å². The normalized spacial score (nSPS) is 10.6. The molecule has 3 aromatic rings. The summed E-state index contributed by atoms with van der Waals surface area (Å²) in [4.78, 5) is 27.0. The van der Waals surface area contributed by atoms with E-state index >= 15 is 0 Å². The summed E-state index contributed by atoms with van der Waals surface area (Å²) in [6, 6.07) is 12.2. The van der Waals surface area contributed by atoms with Crippen molar-refractivity contribution in [2.75, 3.05) is 11.9 Å². The van der Waals surface area contributed by atoms with E-state index in [4.69, 9.17) is 4.74 Å². The van der Waals surface area contributed by atoms with E-state index < -0.39 is 4.92 Å². The number of anilines is 1. The van der Waals surface area contributed by atoms with E-state index in [9.17, 15) is 14.9 Å². The first-order valence-corrected chi connectivity index (χ1v) is 10.0. The van der Waals surface area contributed by atoms with Crippen LogP contribution in [0, 0.1) is 24.0 Å². The molecule has 0 spiro atoms. The predicted octanol–water partition coefficient (Wildman–Crippen LogP) is 5.13. The fraction of sp³-hybridized carbons (Fsp3) is 0.238. The number of carbonyl (C=O) groups excluding carboxylic acids is 1. The van der Waals surface area contributed by atoms with E-state index in [2.05, 4.69) is 10.3 Å². The molecule has 0 aliphatic carbocycles. The van der Waals surface area contributed by atoms with Crippen molar-refractivity contribution in [3.05, 3.63) is 69.1 Å². The molecule has 1 aromatic heterocycles. The van der Waals surface area contributed by atoms with Gasteiger partial charge in [0.05, 0.1) is 17.2 Å². The second kappa shape index (κ2) is 9.29. The molecule has 0 bridgehead atoms. The number of nitrogens with zero attached hydrogens (tertiary/aromatic N) is 2. The Morgan fingerprint density at radius 1 is 1.24 bits per heavy atom. The number of thiazole rings is 1. The Bertz CT molecular complexity index is 1030. The molecule has 3 rings (SSSR count). The molecule has 1 N–H and O–H groups in total. The van der Waals surface area contributed by atoms with Gasteiger partial charge in [-0.25, -0.2) is 4.98 Å². The molecule has 0 saturated carbocycles. The van der Waals surface area contributed by atoms with E-state index in [0.29, 0.717) is 35.8 Å². The van der Waals surface area contributed by atoms with Crippen LogP contribution in [0.1, 0.15) is 24.0 Å². The van der Waals surface area contributed by atoms with Crippen molar-refractivity contribution >= 4 is 28.1 Å². The van der Waals surface area contributed by atoms with Crippen molar-refractivity contribution in [2.45, 2.75) is 26.7 Å². The number of amides is 1. The standard InChI is InChI=1S/C21H21N3O4S/c1-14-6-3-9-19(15(14)2)28-11-5-10-20(25)23-21-22-18(13-29-21)16-7-4-8-17(12-16)24(26)27/h3-4,6-9,12-13H,5,10-11H2,1-2H3,(H,22,23,25). The van der Waals surface area contributed by atoms with Gasteiger partial charge in [0.2, 0.25) is 5.91 Å². The molecular formula is C21H21N3O4S. The van der Waals surface area contributed by atoms with Gasteiger partial charge in [0.1, 0.15) is 5.75 Å². The minimum Gasteiger partial charge on any atom is -0.493 e. The summed E-state index contributed by atoms with van der Waals surface area (Å²) in [6.45, 7) is 4.50. The number of hydrogen-bond donors (Lipinski definition) is 1. The average molecular weight is 411 g/mol. The van der Waals surface area contributed by atoms with Gasteiger partial charge in [0.15, 0.2) is 5.13 Å². The molecule has 0 radical (unpaired) electrons. The number of aromatic nitrogens is 1. The van der Waals surface area contributed by atoms with E-state index in [1.54, 1.807) is 17.5 Å². The number of carbonyl (C=O) groups is 1. The molecule has 0 aliphatic heterocycles. The van der Waals surface area contributed by atoms with Crippen LogP contribution in [0.25, 0.3) is 11.3 Å². The summed E-state index contributed by atoms with van der Waals surface area (Å²) in [7, 11) is 0. The lowest BCUT2D eigenvalue weighted by Gasteiger charge is -2.10. The highest BCUT2D eigenvalue weighted by molar-refractivity contribution is 7.14. The molecule has 2 aromatic carbocycles. The van der Waals surface area contributed by atoms with E-state index in [1.165, 1.54) is 29.0 Å². The third-order valence-electron chi connectivity index (χ3n) is 4.46. The molecule has 0 unspecified atom stereocenters. The molecule has 29 heavy (non-hydrogen) atoms. The summed E-state index contributed by atoms with van der Waals surface area (Å²) in [5.74, 6) is 0.696. The molecule has 8 heteroatoms. The van der Waals surface area contributed by atoms with Gasteiger partial charge in [0.25, 0.3) is 5.69 Å². The number of nitro groups is 1. The van der Waals surface area contributed by atoms with E-state index in [1.807, 2.05) is 32.0 Å². The molecule has 0 atom stereocenters. The number of ether oxygens (including phenoxy) is 1. The SMILES string of the molecule is Cc1cccc(OCCCC(=O)Nc2nc(-c3cccc([N+](=O)[O-])c3)cs2)c1C. The lowest BCUT2D eigenvalue weighted by Crippen LogP contribution is -2.12. The van der Waals surface area contributed by atoms with Gasteiger partial charge in [0, 0.05) is 29.5 Å². The first kappa shape index (κ1) is 20.5. The fourth-order valence-electron chi connectivity index (χ4n) is 2.72. The van der Waals surface area contributed by atoms with Crippen LogP contribution in [0.3, 0.4) is 0 Å². The second-order valence-corrected chi connectivity index (χ2v) is 7.40. The zero-order valence-corrected chi connectivity index (χ0v) is 17.0. The third kappa shape index (κ3) is 5.39. The van der Waals surface area contributed by atoms with Crippen LogP contribution in [0.2, 0.25) is 0 Å². The number of non-ortho nitro benzene ring substituents is 1. The Kier molecular flexibility index (Phi) is 6.56. The smallest absolute Gasteiger partial charge is 0.270 e. The Balaban J connectivity index is 1.49. The zero-order valence-electron chi connectivity index (χ0n) is 16.2. The van der Waals surface area contributed by atoms with Crippen LogP contribution < -0.4 is 10.1 Å². The summed E-state index contributed by atoms with van der Waals surface area (Å²) in [5, 5.41) is 15.9. The van der Waals surface area contributed by atoms with Crippen molar-refractivity contribution < 1.29 is 14.5 Å². The maximum Gasteiger partial charge on any atom is 0.270 e. The number of rotatable bonds is 8. The number of benzene rings is 2. The average Bonchev–Trinajstić information content (AvgIpc) is 3.17. The molecular weight excluding hydrogens is 390 g/mol. The molecule has 0 fully saturated rings. The number of nitrogens with one attached hydrogen (secondary N) is 1. The van der Waals surface area contributed by atoms with Crippen LogP contribution in [0.15, 0.2) is 47.8 Å². The van der Waals surface area contributed by atoms with Gasteiger partial charge in [-0.1, -0.05) is 24.3 Å². The van der Waals surface area contributed by atoms with Gasteiger partial charge in [-0.05, 0) is 37.5 Å². The van der Waals surface area contributed by atoms with Gasteiger partial charge in [-0.2, -0.15) is 0 Å². The van der Waals surface area contributed by atoms with Gasteiger partial charge in [-0.15, -0.1) is 11.3 Å². The lowest BCUT2D eigenvalue weighted by atomic mass is 10.1. The number of aryl methyl sites for hydroxylation is 1. The minimum atomic E-state index is -0.446. The van der Waals surface area contributed by atoms with Crippen LogP contribution in [-0.2, 0) is 4.79 Å². The molecule has 7 nitrogen and oxygen atoms in total. The summed E-state index contributed by atoms with van der Waals surface area (Å²) in [6.07, 6.45) is 0.902. The lowest BCUT2D eigenvalue weighted by molar-refractivity contribution is -0.384. The molecule has 0 aliphatic rings. The predicted molar refractivity (Wildman–Crippen MR) is 113 cm³/mol. The van der Waals surface area contributed by atoms with Gasteiger partial charge < -0.3 is 10.1 Å². The van der Waals surface area contributed by atoms with Crippen molar-refractivity contribution in [3.63, 3.8) is 0 Å². The van der Waals surface area contributed by atoms with E-state index in [0.717, 1.165) is 11.3 Å². The van der Waals surface area contributed by atoms with Gasteiger partial charge in [-0.3, -0.25) is 14.9 Å². The van der Waals surface area contributed by atoms with Crippen molar-refractivity contribution in [1.29, 1.82) is 0 Å². The number of hydrogen-bond acceptors (Lipinski definition) is 6. The summed E-state index contributed by atoms with van der Waals surface area (Å²) in [5.41, 5.74) is 3.51. The Morgan fingerprint density at radius 3 is 2.83 bits per heavy atom. The Hall–Kier alpha value is -3.26. The first-order valence-electron chi connectivity index (χ1n) is 9.13. The maximum atomic E-state index is 12.1. The second-order valence-electron chi connectivity index (χ2n) is 6.54. The molecule has 0 saturated heterocycles. The minimum absolute atomic E-state index is 0.00457. The Morgan fingerprint density at radius 2 is 2.03 bits per heavy atom. The third-order valence-corrected chi connectivity index (χ3v) is 5.22. The van der Waals surface area contributed by atoms with Crippen LogP contribution in [0.4, 0.5) is 10.8 Å². The topological polar surface area (TPSA) is 94.4 Å². The Labute approximate surface area is 172 Å². The van der Waals surface area contributed by atoms with Crippen LogP contribution in [0.5, 0.6) is 5.75 Å². The van der Waals surface area contributed by atoms with E-state index in [-0.39, 0.29) is 11.6 Å². The van der Waals surface area contributed by atoms with Crippen LogP contribution in [-0.4, -0.2) is 22.4 Å². The van der Waals surface area contributed by atoms with Crippen LogP contribution >= 0.6 is 11.3 Å². The fourth-order valence-corrected chi connectivity index (χ4v) is 3.46. The largest absolute Gasteiger partial charge is 0.493 e. The zero-order chi connectivity index (χ0) is 20.8. The molecule has 150 valence electrons. The monoisotopic (exact) mass is 411 g/mol.